The van der Waals surface area contributed by atoms with E-state index >= 15 is 0 Å². The van der Waals surface area contributed by atoms with E-state index in [1.165, 1.54) is 6.07 Å². The number of nitro groups is 1. The second-order valence-electron chi connectivity index (χ2n) is 4.89. The van der Waals surface area contributed by atoms with Gasteiger partial charge in [-0.3, -0.25) is 10.1 Å². The first-order valence-electron chi connectivity index (χ1n) is 7.03. The molecular weight excluding hydrogens is 344 g/mol. The van der Waals surface area contributed by atoms with Crippen molar-refractivity contribution in [3.63, 3.8) is 0 Å². The van der Waals surface area contributed by atoms with Crippen LogP contribution in [0.5, 0.6) is 0 Å². The van der Waals surface area contributed by atoms with Gasteiger partial charge in [-0.05, 0) is 76.3 Å². The average molecular weight is 360 g/mol. The molecule has 0 unspecified atom stereocenters. The Morgan fingerprint density at radius 3 is 2.00 bits per heavy atom. The fraction of sp³-hybridized carbons (Fsp3) is 0.0526. The zero-order valence-corrected chi connectivity index (χ0v) is 14.1. The molecule has 3 rings (SSSR count). The summed E-state index contributed by atoms with van der Waals surface area (Å²) >= 11 is 0. The van der Waals surface area contributed by atoms with Gasteiger partial charge in [0.15, 0.2) is 0 Å². The summed E-state index contributed by atoms with van der Waals surface area (Å²) in [5.41, 5.74) is 7.02. The molecule has 0 amide bonds. The number of rotatable bonds is 1. The van der Waals surface area contributed by atoms with Gasteiger partial charge in [-0.15, -0.1) is 0 Å². The number of aryl methyl sites for hydroxylation is 1. The van der Waals surface area contributed by atoms with Gasteiger partial charge in [-0.2, -0.15) is 0 Å². The maximum Gasteiger partial charge on any atom is 2.00 e. The van der Waals surface area contributed by atoms with Gasteiger partial charge < -0.3 is 5.73 Å². The van der Waals surface area contributed by atoms with Crippen LogP contribution in [0.4, 0.5) is 11.4 Å². The molecule has 0 aromatic heterocycles. The Balaban J connectivity index is 0.000000412. The van der Waals surface area contributed by atoms with Crippen LogP contribution in [0.25, 0.3) is 0 Å². The van der Waals surface area contributed by atoms with Crippen molar-refractivity contribution in [1.29, 1.82) is 0 Å². The molecule has 0 spiro atoms. The molecule has 5 heteroatoms. The topological polar surface area (TPSA) is 69.2 Å². The van der Waals surface area contributed by atoms with Crippen molar-refractivity contribution in [2.75, 3.05) is 5.73 Å². The summed E-state index contributed by atoms with van der Waals surface area (Å²) in [5, 5.41) is 10.8. The van der Waals surface area contributed by atoms with Crippen molar-refractivity contribution in [2.24, 2.45) is 0 Å². The largest absolute Gasteiger partial charge is 2.00 e. The van der Waals surface area contributed by atoms with Gasteiger partial charge in [0.2, 0.25) is 0 Å². The van der Waals surface area contributed by atoms with E-state index in [2.05, 4.69) is 11.8 Å². The molecule has 0 aliphatic heterocycles. The summed E-state index contributed by atoms with van der Waals surface area (Å²) in [6.07, 6.45) is 17.5. The number of nitrogens with two attached hydrogens (primary N) is 1. The van der Waals surface area contributed by atoms with Crippen LogP contribution in [0.3, 0.4) is 0 Å². The van der Waals surface area contributed by atoms with Crippen molar-refractivity contribution < 1.29 is 22.0 Å². The second kappa shape index (κ2) is 10.4. The van der Waals surface area contributed by atoms with Crippen LogP contribution in [0, 0.1) is 92.6 Å². The molecule has 2 aliphatic rings. The molecule has 2 aliphatic carbocycles. The number of nitrogen functional groups attached to an aromatic ring is 1. The molecule has 1 aromatic rings. The Hall–Kier alpha value is -1.50. The quantitative estimate of drug-likeness (QED) is 0.275. The smallest absolute Gasteiger partial charge is 0.392 e. The molecule has 2 fully saturated rings. The normalized spacial score (nSPS) is 16.4. The van der Waals surface area contributed by atoms with Gasteiger partial charge in [0, 0.05) is 6.07 Å². The van der Waals surface area contributed by atoms with Gasteiger partial charge in [0.1, 0.15) is 5.69 Å². The van der Waals surface area contributed by atoms with Crippen LogP contribution in [-0.2, 0) is 17.1 Å². The fourth-order valence-corrected chi connectivity index (χ4v) is 1.95. The Kier molecular flexibility index (Phi) is 8.89. The van der Waals surface area contributed by atoms with E-state index in [1.807, 2.05) is 57.8 Å². The number of hydrogen-bond donors (Lipinski definition) is 1. The SMILES string of the molecule is Cc1cc(C#C[C]2[CH][CH][CH][CH]2)c(N)c([N+](=O)[O-])c1.[CH]1[CH][CH][CH][CH]1.[Fe+2]. The molecule has 2 saturated carbocycles. The van der Waals surface area contributed by atoms with Crippen LogP contribution in [-0.4, -0.2) is 4.92 Å². The Bertz CT molecular complexity index is 602. The van der Waals surface area contributed by atoms with E-state index < -0.39 is 4.92 Å². The third kappa shape index (κ3) is 6.19. The summed E-state index contributed by atoms with van der Waals surface area (Å²) in [5.74, 6) is 6.65. The maximum atomic E-state index is 10.8. The molecule has 2 N–H and O–H groups in total. The molecule has 0 atom stereocenters. The monoisotopic (exact) mass is 360 g/mol. The minimum absolute atomic E-state index is 0. The summed E-state index contributed by atoms with van der Waals surface area (Å²) in [7, 11) is 0. The molecule has 0 saturated heterocycles. The zero-order valence-electron chi connectivity index (χ0n) is 13.0. The van der Waals surface area contributed by atoms with E-state index in [4.69, 9.17) is 5.73 Å². The van der Waals surface area contributed by atoms with Crippen LogP contribution in [0.2, 0.25) is 0 Å². The zero-order chi connectivity index (χ0) is 16.7. The first-order valence-corrected chi connectivity index (χ1v) is 7.03. The molecule has 24 heavy (non-hydrogen) atoms. The predicted octanol–water partition coefficient (Wildman–Crippen LogP) is 3.26. The van der Waals surface area contributed by atoms with Crippen molar-refractivity contribution in [3.8, 4) is 11.8 Å². The molecule has 0 bridgehead atoms. The molecule has 120 valence electrons. The van der Waals surface area contributed by atoms with Crippen LogP contribution >= 0.6 is 0 Å². The molecule has 0 heterocycles. The van der Waals surface area contributed by atoms with Gasteiger partial charge >= 0.3 is 17.1 Å². The van der Waals surface area contributed by atoms with E-state index in [-0.39, 0.29) is 28.4 Å². The van der Waals surface area contributed by atoms with Crippen molar-refractivity contribution in [1.82, 2.24) is 0 Å². The van der Waals surface area contributed by atoms with Gasteiger partial charge in [-0.1, -0.05) is 11.8 Å². The summed E-state index contributed by atoms with van der Waals surface area (Å²) in [4.78, 5) is 10.3. The van der Waals surface area contributed by atoms with Crippen LogP contribution < -0.4 is 5.73 Å². The minimum Gasteiger partial charge on any atom is -0.392 e. The first kappa shape index (κ1) is 20.5. The summed E-state index contributed by atoms with van der Waals surface area (Å²) < 4.78 is 0. The number of hydrogen-bond acceptors (Lipinski definition) is 3. The van der Waals surface area contributed by atoms with Gasteiger partial charge in [-0.25, -0.2) is 0 Å². The van der Waals surface area contributed by atoms with Crippen molar-refractivity contribution >= 4 is 11.4 Å². The third-order valence-corrected chi connectivity index (χ3v) is 3.06. The maximum absolute atomic E-state index is 10.8. The third-order valence-electron chi connectivity index (χ3n) is 3.06. The second-order valence-corrected chi connectivity index (χ2v) is 4.89. The van der Waals surface area contributed by atoms with Crippen LogP contribution in [0.15, 0.2) is 12.1 Å². The molecule has 4 nitrogen and oxygen atoms in total. The minimum atomic E-state index is -0.490. The summed E-state index contributed by atoms with van der Waals surface area (Å²) in [6, 6.07) is 3.20. The average Bonchev–Trinajstić information content (AvgIpc) is 3.23. The standard InChI is InChI=1S/C14H11N2O2.C5H5.Fe/c1-10-8-12(7-6-11-4-2-3-5-11)14(15)13(9-10)16(17)18;1-2-4-5-3-1;/h2-5,8-9H,15H2,1H3;1-5H;/q;;+2. The number of nitro benzene ring substituents is 1. The molecular formula is C19H16FeN2O2+2. The van der Waals surface area contributed by atoms with Crippen molar-refractivity contribution in [3.05, 3.63) is 97.1 Å². The van der Waals surface area contributed by atoms with E-state index in [0.29, 0.717) is 5.56 Å². The van der Waals surface area contributed by atoms with Gasteiger partial charge in [0.05, 0.1) is 16.4 Å². The Morgan fingerprint density at radius 2 is 1.50 bits per heavy atom. The Morgan fingerprint density at radius 1 is 0.958 bits per heavy atom. The molecule has 10 radical (unpaired) electrons. The summed E-state index contributed by atoms with van der Waals surface area (Å²) in [6.45, 7) is 1.78. The van der Waals surface area contributed by atoms with E-state index in [9.17, 15) is 10.1 Å². The fourth-order valence-electron chi connectivity index (χ4n) is 1.95. The van der Waals surface area contributed by atoms with Gasteiger partial charge in [0.25, 0.3) is 5.69 Å². The van der Waals surface area contributed by atoms with Crippen LogP contribution in [0.1, 0.15) is 11.1 Å². The van der Waals surface area contributed by atoms with Crippen molar-refractivity contribution in [2.45, 2.75) is 6.92 Å². The van der Waals surface area contributed by atoms with E-state index in [1.54, 1.807) is 13.0 Å². The predicted molar refractivity (Wildman–Crippen MR) is 91.1 cm³/mol. The number of nitrogens with zero attached hydrogens (tertiary/aromatic N) is 1. The number of anilines is 1. The van der Waals surface area contributed by atoms with E-state index in [0.717, 1.165) is 11.5 Å². The first-order chi connectivity index (χ1) is 11.1. The Labute approximate surface area is 155 Å². The molecule has 1 aromatic carbocycles. The number of benzene rings is 1.